The predicted molar refractivity (Wildman–Crippen MR) is 87.5 cm³/mol. The number of rotatable bonds is 4. The SMILES string of the molecule is CC(C)CN(C)C(=O)C1CCN(C(=O)c2ccc(F)cc2F)CC1. The minimum atomic E-state index is -0.852. The van der Waals surface area contributed by atoms with E-state index in [1.165, 1.54) is 11.0 Å². The van der Waals surface area contributed by atoms with Gasteiger partial charge in [-0.3, -0.25) is 9.59 Å². The Morgan fingerprint density at radius 1 is 1.25 bits per heavy atom. The number of hydrogen-bond donors (Lipinski definition) is 0. The van der Waals surface area contributed by atoms with Crippen LogP contribution < -0.4 is 0 Å². The van der Waals surface area contributed by atoms with Crippen molar-refractivity contribution >= 4 is 11.8 Å². The molecule has 0 saturated carbocycles. The molecule has 0 spiro atoms. The highest BCUT2D eigenvalue weighted by molar-refractivity contribution is 5.94. The molecule has 0 atom stereocenters. The Bertz CT molecular complexity index is 611. The lowest BCUT2D eigenvalue weighted by Crippen LogP contribution is -2.44. The van der Waals surface area contributed by atoms with Crippen LogP contribution in [0.15, 0.2) is 18.2 Å². The van der Waals surface area contributed by atoms with Gasteiger partial charge in [0.15, 0.2) is 0 Å². The molecule has 0 bridgehead atoms. The molecule has 0 radical (unpaired) electrons. The average molecular weight is 338 g/mol. The molecule has 132 valence electrons. The van der Waals surface area contributed by atoms with Gasteiger partial charge in [0.2, 0.25) is 5.91 Å². The molecule has 6 heteroatoms. The molecule has 1 aliphatic rings. The number of halogens is 2. The van der Waals surface area contributed by atoms with Gasteiger partial charge in [0.25, 0.3) is 5.91 Å². The van der Waals surface area contributed by atoms with E-state index in [0.717, 1.165) is 6.07 Å². The molecule has 0 aliphatic carbocycles. The summed E-state index contributed by atoms with van der Waals surface area (Å²) in [7, 11) is 1.80. The van der Waals surface area contributed by atoms with E-state index in [1.807, 2.05) is 0 Å². The number of amides is 2. The lowest BCUT2D eigenvalue weighted by molar-refractivity contribution is -0.136. The van der Waals surface area contributed by atoms with Crippen LogP contribution in [0, 0.1) is 23.5 Å². The Morgan fingerprint density at radius 2 is 1.88 bits per heavy atom. The molecule has 0 N–H and O–H groups in total. The summed E-state index contributed by atoms with van der Waals surface area (Å²) in [5.41, 5.74) is -0.127. The minimum absolute atomic E-state index is 0.101. The molecule has 4 nitrogen and oxygen atoms in total. The van der Waals surface area contributed by atoms with Crippen molar-refractivity contribution in [3.05, 3.63) is 35.4 Å². The molecule has 2 rings (SSSR count). The van der Waals surface area contributed by atoms with Crippen molar-refractivity contribution in [3.63, 3.8) is 0 Å². The first-order valence-electron chi connectivity index (χ1n) is 8.29. The summed E-state index contributed by atoms with van der Waals surface area (Å²) < 4.78 is 26.7. The van der Waals surface area contributed by atoms with Crippen LogP contribution in [-0.4, -0.2) is 48.3 Å². The summed E-state index contributed by atoms with van der Waals surface area (Å²) in [5.74, 6) is -1.60. The van der Waals surface area contributed by atoms with Crippen LogP contribution in [0.4, 0.5) is 8.78 Å². The number of piperidine rings is 1. The van der Waals surface area contributed by atoms with E-state index in [2.05, 4.69) is 13.8 Å². The summed E-state index contributed by atoms with van der Waals surface area (Å²) in [6, 6.07) is 2.96. The lowest BCUT2D eigenvalue weighted by Gasteiger charge is -2.33. The maximum absolute atomic E-state index is 13.7. The topological polar surface area (TPSA) is 40.6 Å². The second kappa shape index (κ2) is 7.73. The van der Waals surface area contributed by atoms with Crippen LogP contribution in [0.1, 0.15) is 37.0 Å². The number of nitrogens with zero attached hydrogens (tertiary/aromatic N) is 2. The molecule has 1 saturated heterocycles. The van der Waals surface area contributed by atoms with Crippen LogP contribution in [0.3, 0.4) is 0 Å². The van der Waals surface area contributed by atoms with Gasteiger partial charge in [-0.1, -0.05) is 13.8 Å². The van der Waals surface area contributed by atoms with E-state index in [1.54, 1.807) is 11.9 Å². The summed E-state index contributed by atoms with van der Waals surface area (Å²) in [4.78, 5) is 28.0. The van der Waals surface area contributed by atoms with Crippen molar-refractivity contribution in [2.24, 2.45) is 11.8 Å². The normalized spacial score (nSPS) is 15.7. The van der Waals surface area contributed by atoms with Gasteiger partial charge < -0.3 is 9.80 Å². The van der Waals surface area contributed by atoms with Gasteiger partial charge >= 0.3 is 0 Å². The van der Waals surface area contributed by atoms with Crippen molar-refractivity contribution in [2.45, 2.75) is 26.7 Å². The van der Waals surface area contributed by atoms with Gasteiger partial charge in [0.05, 0.1) is 5.56 Å². The zero-order valence-electron chi connectivity index (χ0n) is 14.4. The molecule has 1 aromatic carbocycles. The van der Waals surface area contributed by atoms with Crippen molar-refractivity contribution < 1.29 is 18.4 Å². The average Bonchev–Trinajstić information content (AvgIpc) is 2.53. The number of carbonyl (C=O) groups excluding carboxylic acids is 2. The molecule has 2 amide bonds. The fourth-order valence-corrected chi connectivity index (χ4v) is 3.11. The van der Waals surface area contributed by atoms with E-state index in [-0.39, 0.29) is 17.4 Å². The fraction of sp³-hybridized carbons (Fsp3) is 0.556. The minimum Gasteiger partial charge on any atom is -0.345 e. The zero-order valence-corrected chi connectivity index (χ0v) is 14.4. The van der Waals surface area contributed by atoms with Gasteiger partial charge in [-0.25, -0.2) is 8.78 Å². The van der Waals surface area contributed by atoms with Crippen LogP contribution in [0.25, 0.3) is 0 Å². The van der Waals surface area contributed by atoms with Crippen LogP contribution in [0.5, 0.6) is 0 Å². The third-order valence-corrected chi connectivity index (χ3v) is 4.31. The molecule has 0 unspecified atom stereocenters. The summed E-state index contributed by atoms with van der Waals surface area (Å²) in [6.07, 6.45) is 1.13. The van der Waals surface area contributed by atoms with Gasteiger partial charge in [-0.05, 0) is 30.9 Å². The first-order valence-corrected chi connectivity index (χ1v) is 8.29. The summed E-state index contributed by atoms with van der Waals surface area (Å²) in [5, 5.41) is 0. The number of likely N-dealkylation sites (tertiary alicyclic amines) is 1. The number of hydrogen-bond acceptors (Lipinski definition) is 2. The second-order valence-corrected chi connectivity index (χ2v) is 6.80. The van der Waals surface area contributed by atoms with E-state index in [9.17, 15) is 18.4 Å². The Kier molecular flexibility index (Phi) is 5.91. The maximum Gasteiger partial charge on any atom is 0.256 e. The predicted octanol–water partition coefficient (Wildman–Crippen LogP) is 2.93. The lowest BCUT2D eigenvalue weighted by atomic mass is 9.94. The highest BCUT2D eigenvalue weighted by atomic mass is 19.1. The number of carbonyl (C=O) groups is 2. The third kappa shape index (κ3) is 4.30. The maximum atomic E-state index is 13.7. The Balaban J connectivity index is 1.94. The van der Waals surface area contributed by atoms with Gasteiger partial charge in [0, 0.05) is 38.7 Å². The van der Waals surface area contributed by atoms with E-state index in [4.69, 9.17) is 0 Å². The van der Waals surface area contributed by atoms with Crippen molar-refractivity contribution in [1.82, 2.24) is 9.80 Å². The Hall–Kier alpha value is -1.98. The van der Waals surface area contributed by atoms with E-state index >= 15 is 0 Å². The Morgan fingerprint density at radius 3 is 2.42 bits per heavy atom. The van der Waals surface area contributed by atoms with Crippen molar-refractivity contribution in [1.29, 1.82) is 0 Å². The molecule has 1 aromatic rings. The van der Waals surface area contributed by atoms with Crippen molar-refractivity contribution in [3.8, 4) is 0 Å². The smallest absolute Gasteiger partial charge is 0.256 e. The monoisotopic (exact) mass is 338 g/mol. The first-order chi connectivity index (χ1) is 11.3. The molecular formula is C18H24F2N2O2. The number of benzene rings is 1. The van der Waals surface area contributed by atoms with Gasteiger partial charge in [-0.15, -0.1) is 0 Å². The third-order valence-electron chi connectivity index (χ3n) is 4.31. The Labute approximate surface area is 141 Å². The van der Waals surface area contributed by atoms with Crippen molar-refractivity contribution in [2.75, 3.05) is 26.7 Å². The largest absolute Gasteiger partial charge is 0.345 e. The summed E-state index contributed by atoms with van der Waals surface area (Å²) in [6.45, 7) is 5.63. The fourth-order valence-electron chi connectivity index (χ4n) is 3.11. The second-order valence-electron chi connectivity index (χ2n) is 6.80. The highest BCUT2D eigenvalue weighted by Crippen LogP contribution is 2.22. The van der Waals surface area contributed by atoms with Crippen LogP contribution >= 0.6 is 0 Å². The van der Waals surface area contributed by atoms with Crippen LogP contribution in [-0.2, 0) is 4.79 Å². The quantitative estimate of drug-likeness (QED) is 0.847. The first kappa shape index (κ1) is 18.4. The molecular weight excluding hydrogens is 314 g/mol. The molecule has 1 heterocycles. The molecule has 1 fully saturated rings. The van der Waals surface area contributed by atoms with Gasteiger partial charge in [-0.2, -0.15) is 0 Å². The van der Waals surface area contributed by atoms with Gasteiger partial charge in [0.1, 0.15) is 11.6 Å². The zero-order chi connectivity index (χ0) is 17.9. The summed E-state index contributed by atoms with van der Waals surface area (Å²) >= 11 is 0. The standard InChI is InChI=1S/C18H24F2N2O2/c1-12(2)11-21(3)17(23)13-6-8-22(9-7-13)18(24)15-5-4-14(19)10-16(15)20/h4-5,10,12-13H,6-9,11H2,1-3H3. The molecule has 24 heavy (non-hydrogen) atoms. The van der Waals surface area contributed by atoms with E-state index in [0.29, 0.717) is 44.5 Å². The molecule has 1 aliphatic heterocycles. The highest BCUT2D eigenvalue weighted by Gasteiger charge is 2.30. The van der Waals surface area contributed by atoms with Crippen LogP contribution in [0.2, 0.25) is 0 Å². The molecule has 0 aromatic heterocycles. The van der Waals surface area contributed by atoms with E-state index < -0.39 is 17.5 Å².